The van der Waals surface area contributed by atoms with Crippen molar-refractivity contribution in [2.24, 2.45) is 0 Å². The second-order valence-corrected chi connectivity index (χ2v) is 28.3. The lowest BCUT2D eigenvalue weighted by Crippen LogP contribution is -2.56. The Hall–Kier alpha value is -8.02. The molecule has 0 spiro atoms. The van der Waals surface area contributed by atoms with Crippen LogP contribution in [0.4, 0.5) is 34.1 Å². The summed E-state index contributed by atoms with van der Waals surface area (Å²) in [6, 6.07) is 71.3. The summed E-state index contributed by atoms with van der Waals surface area (Å²) < 4.78 is 10.6. The Morgan fingerprint density at radius 3 is 1.62 bits per heavy atom. The van der Waals surface area contributed by atoms with Crippen LogP contribution in [0.15, 0.2) is 192 Å². The number of para-hydroxylation sites is 2. The van der Waals surface area contributed by atoms with Crippen molar-refractivity contribution in [3.05, 3.63) is 216 Å². The van der Waals surface area contributed by atoms with Crippen LogP contribution in [0.1, 0.15) is 132 Å². The Balaban J connectivity index is 1.17. The number of aromatic nitrogens is 1. The van der Waals surface area contributed by atoms with Crippen molar-refractivity contribution in [1.82, 2.24) is 4.48 Å². The van der Waals surface area contributed by atoms with Crippen LogP contribution < -0.4 is 20.9 Å². The number of furan rings is 1. The molecule has 9 aromatic carbocycles. The third-order valence-corrected chi connectivity index (χ3v) is 17.5. The SMILES string of the molecule is CC(C)(C)c1ccc(-c2ccc(N3c4cc(C(C)(C)C)cc5c4B(c4oc6c(C(C)(C)C)cc(C(C)(C)C)cc6c43)n3c4ccc(C(C)(C)C)cc4c4c(N(c6ccccc6)c6ccccc6-c6ccccc6)ccc-5c43)cc2)cc1. The van der Waals surface area contributed by atoms with E-state index < -0.39 is 0 Å². The van der Waals surface area contributed by atoms with Gasteiger partial charge in [-0.15, -0.1) is 0 Å². The summed E-state index contributed by atoms with van der Waals surface area (Å²) >= 11 is 0. The molecule has 0 bridgehead atoms. The molecule has 404 valence electrons. The highest BCUT2D eigenvalue weighted by Crippen LogP contribution is 2.54. The number of fused-ring (bicyclic) bond motifs is 9. The molecule has 81 heavy (non-hydrogen) atoms. The van der Waals surface area contributed by atoms with Gasteiger partial charge in [0.2, 0.25) is 0 Å². The molecule has 0 N–H and O–H groups in total. The molecule has 2 aromatic heterocycles. The number of hydrogen-bond acceptors (Lipinski definition) is 3. The van der Waals surface area contributed by atoms with Crippen LogP contribution >= 0.6 is 0 Å². The maximum Gasteiger partial charge on any atom is 0.375 e. The van der Waals surface area contributed by atoms with Crippen LogP contribution in [0.2, 0.25) is 0 Å². The van der Waals surface area contributed by atoms with E-state index in [0.29, 0.717) is 0 Å². The number of nitrogens with zero attached hydrogens (tertiary/aromatic N) is 3. The van der Waals surface area contributed by atoms with Gasteiger partial charge in [-0.2, -0.15) is 0 Å². The Labute approximate surface area is 481 Å². The van der Waals surface area contributed by atoms with Gasteiger partial charge in [-0.05, 0) is 138 Å². The van der Waals surface area contributed by atoms with Crippen molar-refractivity contribution < 1.29 is 4.42 Å². The molecule has 0 atom stereocenters. The monoisotopic (exact) mass is 1060 g/mol. The number of anilines is 6. The summed E-state index contributed by atoms with van der Waals surface area (Å²) in [5, 5.41) is 3.60. The highest BCUT2D eigenvalue weighted by molar-refractivity contribution is 6.89. The van der Waals surface area contributed by atoms with Gasteiger partial charge in [-0.25, -0.2) is 0 Å². The van der Waals surface area contributed by atoms with Crippen LogP contribution in [0.5, 0.6) is 0 Å². The van der Waals surface area contributed by atoms with E-state index in [1.165, 1.54) is 94.2 Å². The zero-order valence-electron chi connectivity index (χ0n) is 50.2. The minimum atomic E-state index is -0.306. The van der Waals surface area contributed by atoms with Crippen molar-refractivity contribution in [3.8, 4) is 33.4 Å². The van der Waals surface area contributed by atoms with Gasteiger partial charge in [0.05, 0.1) is 17.1 Å². The van der Waals surface area contributed by atoms with Gasteiger partial charge < -0.3 is 18.7 Å². The zero-order valence-corrected chi connectivity index (χ0v) is 50.2. The Kier molecular flexibility index (Phi) is 11.8. The van der Waals surface area contributed by atoms with Gasteiger partial charge >= 0.3 is 6.85 Å². The van der Waals surface area contributed by atoms with E-state index >= 15 is 0 Å². The molecule has 0 radical (unpaired) electrons. The highest BCUT2D eigenvalue weighted by Gasteiger charge is 2.48. The van der Waals surface area contributed by atoms with E-state index in [1.807, 2.05) is 0 Å². The first-order valence-corrected chi connectivity index (χ1v) is 29.3. The summed E-state index contributed by atoms with van der Waals surface area (Å²) in [5.41, 5.74) is 25.5. The number of benzene rings is 9. The summed E-state index contributed by atoms with van der Waals surface area (Å²) in [4.78, 5) is 5.09. The quantitative estimate of drug-likeness (QED) is 0.155. The van der Waals surface area contributed by atoms with Gasteiger partial charge in [-0.1, -0.05) is 231 Å². The van der Waals surface area contributed by atoms with Crippen LogP contribution in [0, 0.1) is 0 Å². The van der Waals surface area contributed by atoms with Crippen LogP contribution in [-0.4, -0.2) is 11.3 Å². The lowest BCUT2D eigenvalue weighted by Gasteiger charge is -2.39. The molecule has 0 fully saturated rings. The number of rotatable bonds is 6. The van der Waals surface area contributed by atoms with Crippen LogP contribution in [-0.2, 0) is 27.1 Å². The average Bonchev–Trinajstić information content (AvgIpc) is 2.05. The van der Waals surface area contributed by atoms with E-state index in [4.69, 9.17) is 4.42 Å². The van der Waals surface area contributed by atoms with Crippen molar-refractivity contribution in [2.75, 3.05) is 9.80 Å². The fourth-order valence-corrected chi connectivity index (χ4v) is 12.9. The molecule has 2 aliphatic rings. The minimum Gasteiger partial charge on any atom is -0.466 e. The predicted octanol–water partition coefficient (Wildman–Crippen LogP) is 20.2. The first-order valence-electron chi connectivity index (χ1n) is 29.3. The Morgan fingerprint density at radius 2 is 0.988 bits per heavy atom. The molecule has 11 aromatic rings. The van der Waals surface area contributed by atoms with Gasteiger partial charge in [-0.3, -0.25) is 0 Å². The molecule has 0 saturated carbocycles. The lowest BCUT2D eigenvalue weighted by molar-refractivity contribution is 0.557. The Morgan fingerprint density at radius 1 is 0.420 bits per heavy atom. The molecular formula is C76H76BN3O. The highest BCUT2D eigenvalue weighted by atomic mass is 16.3. The lowest BCUT2D eigenvalue weighted by atomic mass is 9.47. The van der Waals surface area contributed by atoms with Gasteiger partial charge in [0.1, 0.15) is 11.2 Å². The van der Waals surface area contributed by atoms with E-state index in [9.17, 15) is 0 Å². The molecule has 2 aliphatic heterocycles. The molecule has 0 saturated heterocycles. The van der Waals surface area contributed by atoms with E-state index in [0.717, 1.165) is 45.1 Å². The van der Waals surface area contributed by atoms with Gasteiger partial charge in [0.25, 0.3) is 0 Å². The van der Waals surface area contributed by atoms with Crippen molar-refractivity contribution >= 4 is 84.9 Å². The molecule has 4 nitrogen and oxygen atoms in total. The van der Waals surface area contributed by atoms with Crippen LogP contribution in [0.3, 0.4) is 0 Å². The smallest absolute Gasteiger partial charge is 0.375 e. The number of hydrogen-bond donors (Lipinski definition) is 0. The minimum absolute atomic E-state index is 0.0776. The largest absolute Gasteiger partial charge is 0.466 e. The van der Waals surface area contributed by atoms with Crippen molar-refractivity contribution in [3.63, 3.8) is 0 Å². The average molecular weight is 1060 g/mol. The summed E-state index contributed by atoms with van der Waals surface area (Å²) in [7, 11) is 0. The van der Waals surface area contributed by atoms with Gasteiger partial charge in [0, 0.05) is 60.9 Å². The van der Waals surface area contributed by atoms with E-state index in [-0.39, 0.29) is 33.9 Å². The second kappa shape index (κ2) is 18.2. The van der Waals surface area contributed by atoms with E-state index in [2.05, 4.69) is 306 Å². The fourth-order valence-electron chi connectivity index (χ4n) is 12.9. The first kappa shape index (κ1) is 52.4. The van der Waals surface area contributed by atoms with Crippen molar-refractivity contribution in [2.45, 2.75) is 131 Å². The summed E-state index contributed by atoms with van der Waals surface area (Å²) in [5.74, 6) is 0. The molecule has 0 amide bonds. The molecular weight excluding hydrogens is 982 g/mol. The maximum absolute atomic E-state index is 7.90. The van der Waals surface area contributed by atoms with Crippen LogP contribution in [0.25, 0.3) is 66.2 Å². The Bertz CT molecular complexity index is 4280. The second-order valence-electron chi connectivity index (χ2n) is 28.3. The van der Waals surface area contributed by atoms with E-state index in [1.54, 1.807) is 0 Å². The van der Waals surface area contributed by atoms with Gasteiger partial charge in [0.15, 0.2) is 0 Å². The maximum atomic E-state index is 7.90. The third-order valence-electron chi connectivity index (χ3n) is 17.5. The fraction of sp³-hybridized carbons (Fsp3) is 0.263. The molecule has 0 unspecified atom stereocenters. The molecule has 0 aliphatic carbocycles. The summed E-state index contributed by atoms with van der Waals surface area (Å²) in [6.45, 7) is 34.7. The molecule has 4 heterocycles. The third kappa shape index (κ3) is 8.56. The zero-order chi connectivity index (χ0) is 56.9. The first-order chi connectivity index (χ1) is 38.4. The normalized spacial score (nSPS) is 13.6. The topological polar surface area (TPSA) is 24.6 Å². The molecule has 5 heteroatoms. The molecule has 13 rings (SSSR count). The standard InChI is InChI=1S/C76H76BN3O/c1-72(2,3)50-34-30-47(31-35-50)48-32-37-55(38-33-48)79-65-46-53(75(10,11)12)43-58-57-39-41-64(78(54-26-20-17-21-27-54)62-29-23-22-28-56(62)49-24-18-16-19-25-49)66-59-42-51(73(4,5)6)36-40-63(59)80(68(57)66)77(67(58)65)71-69(79)60-44-52(74(7,8)9)45-61(70(60)81-71)76(13,14)15/h16-46H,1-15H3. The van der Waals surface area contributed by atoms with Crippen molar-refractivity contribution in [1.29, 1.82) is 0 Å². The summed E-state index contributed by atoms with van der Waals surface area (Å²) in [6.07, 6.45) is 0. The predicted molar refractivity (Wildman–Crippen MR) is 349 cm³/mol.